The number of hydrogen-bond acceptors (Lipinski definition) is 2. The van der Waals surface area contributed by atoms with Crippen LogP contribution in [-0.4, -0.2) is 18.0 Å². The van der Waals surface area contributed by atoms with Gasteiger partial charge in [-0.05, 0) is 54.8 Å². The van der Waals surface area contributed by atoms with Crippen molar-refractivity contribution >= 4 is 0 Å². The van der Waals surface area contributed by atoms with Crippen LogP contribution in [0.4, 0.5) is 0 Å². The summed E-state index contributed by atoms with van der Waals surface area (Å²) in [5.41, 5.74) is 4.15. The third-order valence-corrected chi connectivity index (χ3v) is 5.65. The number of benzene rings is 3. The highest BCUT2D eigenvalue weighted by molar-refractivity contribution is 5.51. The van der Waals surface area contributed by atoms with Gasteiger partial charge in [0.1, 0.15) is 0 Å². The third kappa shape index (κ3) is 3.16. The van der Waals surface area contributed by atoms with Crippen molar-refractivity contribution in [1.82, 2.24) is 4.90 Å². The lowest BCUT2D eigenvalue weighted by Crippen LogP contribution is -2.50. The van der Waals surface area contributed by atoms with Gasteiger partial charge in [0, 0.05) is 0 Å². The maximum Gasteiger partial charge on any atom is 0.0991 e. The molecule has 4 rings (SSSR count). The minimum absolute atomic E-state index is 0.336. The van der Waals surface area contributed by atoms with E-state index in [0.29, 0.717) is 5.56 Å². The molecule has 1 aliphatic heterocycles. The molecule has 1 heterocycles. The van der Waals surface area contributed by atoms with Gasteiger partial charge in [0.25, 0.3) is 0 Å². The number of likely N-dealkylation sites (tertiary alicyclic amines) is 1. The molecule has 0 N–H and O–H groups in total. The van der Waals surface area contributed by atoms with Crippen LogP contribution in [0, 0.1) is 11.3 Å². The highest BCUT2D eigenvalue weighted by atomic mass is 15.2. The van der Waals surface area contributed by atoms with Crippen molar-refractivity contribution in [2.24, 2.45) is 0 Å². The Balaban J connectivity index is 2.00. The number of nitrogens with zero attached hydrogens (tertiary/aromatic N) is 2. The van der Waals surface area contributed by atoms with E-state index in [2.05, 4.69) is 83.8 Å². The van der Waals surface area contributed by atoms with Crippen molar-refractivity contribution in [2.45, 2.75) is 24.8 Å². The van der Waals surface area contributed by atoms with Crippen molar-refractivity contribution in [3.05, 3.63) is 107 Å². The molecule has 0 aliphatic carbocycles. The first-order valence-corrected chi connectivity index (χ1v) is 9.72. The van der Waals surface area contributed by atoms with Crippen molar-refractivity contribution < 1.29 is 0 Å². The van der Waals surface area contributed by atoms with Gasteiger partial charge in [0.05, 0.1) is 17.2 Å². The first-order valence-electron chi connectivity index (χ1n) is 9.72. The van der Waals surface area contributed by atoms with Crippen LogP contribution in [0.3, 0.4) is 0 Å². The normalized spacial score (nSPS) is 15.2. The van der Waals surface area contributed by atoms with Crippen LogP contribution in [0.25, 0.3) is 0 Å². The Morgan fingerprint density at radius 3 is 1.59 bits per heavy atom. The second-order valence-electron chi connectivity index (χ2n) is 7.18. The lowest BCUT2D eigenvalue weighted by Gasteiger charge is -2.47. The number of nitriles is 1. The van der Waals surface area contributed by atoms with Gasteiger partial charge < -0.3 is 0 Å². The molecule has 0 radical (unpaired) electrons. The monoisotopic (exact) mass is 352 g/mol. The van der Waals surface area contributed by atoms with Crippen molar-refractivity contribution in [3.8, 4) is 6.07 Å². The Kier molecular flexibility index (Phi) is 5.05. The molecule has 0 atom stereocenters. The van der Waals surface area contributed by atoms with E-state index < -0.39 is 0 Å². The molecule has 0 saturated carbocycles. The maximum absolute atomic E-state index is 9.25. The highest BCUT2D eigenvalue weighted by Gasteiger charge is 2.42. The molecule has 1 saturated heterocycles. The molecular weight excluding hydrogens is 328 g/mol. The van der Waals surface area contributed by atoms with Gasteiger partial charge in [0.2, 0.25) is 0 Å². The van der Waals surface area contributed by atoms with E-state index in [1.165, 1.54) is 36.0 Å². The molecule has 0 spiro atoms. The first kappa shape index (κ1) is 17.5. The van der Waals surface area contributed by atoms with Gasteiger partial charge in [-0.25, -0.2) is 0 Å². The van der Waals surface area contributed by atoms with E-state index >= 15 is 0 Å². The minimum Gasteiger partial charge on any atom is -0.286 e. The van der Waals surface area contributed by atoms with Gasteiger partial charge >= 0.3 is 0 Å². The standard InChI is InChI=1S/C25H24N2/c26-20-21-14-16-24(17-15-21)25(22-10-4-1-5-11-22,23-12-6-2-7-13-23)27-18-8-3-9-19-27/h1-2,4-7,10-17H,3,8-9,18-19H2. The second-order valence-corrected chi connectivity index (χ2v) is 7.18. The Morgan fingerprint density at radius 1 is 0.630 bits per heavy atom. The fraction of sp³-hybridized carbons (Fsp3) is 0.240. The molecular formula is C25H24N2. The van der Waals surface area contributed by atoms with E-state index in [0.717, 1.165) is 13.1 Å². The number of hydrogen-bond donors (Lipinski definition) is 0. The van der Waals surface area contributed by atoms with Crippen molar-refractivity contribution in [3.63, 3.8) is 0 Å². The van der Waals surface area contributed by atoms with Crippen LogP contribution in [0.1, 0.15) is 41.5 Å². The molecule has 0 bridgehead atoms. The van der Waals surface area contributed by atoms with Crippen molar-refractivity contribution in [1.29, 1.82) is 5.26 Å². The summed E-state index contributed by atoms with van der Waals surface area (Å²) in [6.45, 7) is 2.15. The van der Waals surface area contributed by atoms with E-state index in [1.54, 1.807) is 0 Å². The molecule has 134 valence electrons. The smallest absolute Gasteiger partial charge is 0.0991 e. The highest BCUT2D eigenvalue weighted by Crippen LogP contribution is 2.43. The fourth-order valence-corrected chi connectivity index (χ4v) is 4.42. The summed E-state index contributed by atoms with van der Waals surface area (Å²) in [5, 5.41) is 9.25. The summed E-state index contributed by atoms with van der Waals surface area (Å²) in [6.07, 6.45) is 3.74. The van der Waals surface area contributed by atoms with E-state index in [9.17, 15) is 5.26 Å². The molecule has 2 nitrogen and oxygen atoms in total. The largest absolute Gasteiger partial charge is 0.286 e. The third-order valence-electron chi connectivity index (χ3n) is 5.65. The fourth-order valence-electron chi connectivity index (χ4n) is 4.42. The lowest BCUT2D eigenvalue weighted by atomic mass is 9.74. The Labute approximate surface area is 161 Å². The zero-order valence-electron chi connectivity index (χ0n) is 15.5. The molecule has 3 aromatic carbocycles. The van der Waals surface area contributed by atoms with Gasteiger partial charge in [-0.3, -0.25) is 4.90 Å². The summed E-state index contributed by atoms with van der Waals surface area (Å²) in [6, 6.07) is 32.0. The molecule has 2 heteroatoms. The zero-order chi connectivity index (χ0) is 18.5. The van der Waals surface area contributed by atoms with Gasteiger partial charge in [-0.15, -0.1) is 0 Å². The minimum atomic E-state index is -0.336. The van der Waals surface area contributed by atoms with Crippen LogP contribution in [-0.2, 0) is 5.54 Å². The summed E-state index contributed by atoms with van der Waals surface area (Å²) in [4.78, 5) is 2.63. The van der Waals surface area contributed by atoms with Gasteiger partial charge in [0.15, 0.2) is 0 Å². The SMILES string of the molecule is N#Cc1ccc(C(c2ccccc2)(c2ccccc2)N2CCCCC2)cc1. The molecule has 1 fully saturated rings. The summed E-state index contributed by atoms with van der Waals surface area (Å²) >= 11 is 0. The van der Waals surface area contributed by atoms with Crippen LogP contribution in [0.15, 0.2) is 84.9 Å². The average molecular weight is 352 g/mol. The van der Waals surface area contributed by atoms with Crippen LogP contribution < -0.4 is 0 Å². The van der Waals surface area contributed by atoms with E-state index in [1.807, 2.05) is 12.1 Å². The summed E-state index contributed by atoms with van der Waals surface area (Å²) in [7, 11) is 0. The summed E-state index contributed by atoms with van der Waals surface area (Å²) in [5.74, 6) is 0. The average Bonchev–Trinajstić information content (AvgIpc) is 2.77. The van der Waals surface area contributed by atoms with Crippen LogP contribution in [0.2, 0.25) is 0 Å². The molecule has 3 aromatic rings. The van der Waals surface area contributed by atoms with E-state index in [4.69, 9.17) is 0 Å². The number of rotatable bonds is 4. The summed E-state index contributed by atoms with van der Waals surface area (Å²) < 4.78 is 0. The van der Waals surface area contributed by atoms with E-state index in [-0.39, 0.29) is 5.54 Å². The topological polar surface area (TPSA) is 27.0 Å². The van der Waals surface area contributed by atoms with Crippen LogP contribution in [0.5, 0.6) is 0 Å². The van der Waals surface area contributed by atoms with Crippen LogP contribution >= 0.6 is 0 Å². The Bertz CT molecular complexity index is 863. The molecule has 0 unspecified atom stereocenters. The predicted octanol–water partition coefficient (Wildman–Crippen LogP) is 5.34. The van der Waals surface area contributed by atoms with Crippen molar-refractivity contribution in [2.75, 3.05) is 13.1 Å². The lowest BCUT2D eigenvalue weighted by molar-refractivity contribution is 0.128. The zero-order valence-corrected chi connectivity index (χ0v) is 15.5. The molecule has 0 aromatic heterocycles. The van der Waals surface area contributed by atoms with Gasteiger partial charge in [-0.2, -0.15) is 5.26 Å². The maximum atomic E-state index is 9.25. The first-order chi connectivity index (χ1) is 13.4. The second kappa shape index (κ2) is 7.78. The number of piperidine rings is 1. The Morgan fingerprint density at radius 2 is 1.11 bits per heavy atom. The molecule has 27 heavy (non-hydrogen) atoms. The molecule has 0 amide bonds. The molecule has 1 aliphatic rings. The van der Waals surface area contributed by atoms with Gasteiger partial charge in [-0.1, -0.05) is 79.2 Å². The Hall–Kier alpha value is -2.89. The quantitative estimate of drug-likeness (QED) is 0.593. The predicted molar refractivity (Wildman–Crippen MR) is 109 cm³/mol.